The van der Waals surface area contributed by atoms with Gasteiger partial charge >= 0.3 is 6.09 Å². The number of rotatable bonds is 5. The van der Waals surface area contributed by atoms with E-state index in [9.17, 15) is 9.59 Å². The minimum Gasteiger partial charge on any atom is -0.495 e. The van der Waals surface area contributed by atoms with Gasteiger partial charge in [0.15, 0.2) is 0 Å². The molecule has 1 saturated heterocycles. The molecule has 1 N–H and O–H groups in total. The Morgan fingerprint density at radius 1 is 1.19 bits per heavy atom. The van der Waals surface area contributed by atoms with E-state index in [0.29, 0.717) is 48.9 Å². The molecule has 0 aliphatic carbocycles. The zero-order chi connectivity index (χ0) is 22.0. The van der Waals surface area contributed by atoms with Gasteiger partial charge in [-0.15, -0.1) is 0 Å². The highest BCUT2D eigenvalue weighted by atomic mass is 35.5. The van der Waals surface area contributed by atoms with Crippen LogP contribution >= 0.6 is 11.6 Å². The van der Waals surface area contributed by atoms with Crippen LogP contribution in [0, 0.1) is 0 Å². The number of likely N-dealkylation sites (tertiary alicyclic amines) is 1. The average molecular weight is 444 g/mol. The Morgan fingerprint density at radius 3 is 2.65 bits per heavy atom. The first-order valence-corrected chi connectivity index (χ1v) is 10.8. The molecule has 4 rings (SSSR count). The van der Waals surface area contributed by atoms with E-state index < -0.39 is 0 Å². The second kappa shape index (κ2) is 9.06. The highest BCUT2D eigenvalue weighted by Crippen LogP contribution is 2.40. The lowest BCUT2D eigenvalue weighted by atomic mass is 10.0. The summed E-state index contributed by atoms with van der Waals surface area (Å²) in [5, 5.41) is 4.06. The number of methoxy groups -OCH3 is 1. The number of hydrogen-bond donors (Lipinski definition) is 1. The van der Waals surface area contributed by atoms with Gasteiger partial charge in [0.2, 0.25) is 0 Å². The van der Waals surface area contributed by atoms with Crippen LogP contribution in [0.3, 0.4) is 0 Å². The molecule has 2 aliphatic rings. The number of piperidine rings is 1. The lowest BCUT2D eigenvalue weighted by Gasteiger charge is -2.39. The van der Waals surface area contributed by atoms with Crippen molar-refractivity contribution in [2.24, 2.45) is 0 Å². The Bertz CT molecular complexity index is 975. The summed E-state index contributed by atoms with van der Waals surface area (Å²) in [6.45, 7) is 3.25. The average Bonchev–Trinajstić information content (AvgIpc) is 3.06. The third-order valence-electron chi connectivity index (χ3n) is 5.84. The van der Waals surface area contributed by atoms with Gasteiger partial charge in [0.1, 0.15) is 11.9 Å². The lowest BCUT2D eigenvalue weighted by Crippen LogP contribution is -2.49. The van der Waals surface area contributed by atoms with Crippen molar-refractivity contribution >= 4 is 29.3 Å². The molecular weight excluding hydrogens is 418 g/mol. The van der Waals surface area contributed by atoms with Crippen LogP contribution in [0.2, 0.25) is 5.02 Å². The molecular formula is C23H26ClN3O4. The van der Waals surface area contributed by atoms with Crippen molar-refractivity contribution in [2.45, 2.75) is 32.0 Å². The molecule has 0 radical (unpaired) electrons. The van der Waals surface area contributed by atoms with Crippen molar-refractivity contribution in [2.75, 3.05) is 32.1 Å². The Labute approximate surface area is 186 Å². The van der Waals surface area contributed by atoms with Gasteiger partial charge in [0, 0.05) is 35.3 Å². The molecule has 0 saturated carbocycles. The van der Waals surface area contributed by atoms with Gasteiger partial charge in [-0.05, 0) is 44.0 Å². The van der Waals surface area contributed by atoms with Gasteiger partial charge in [-0.1, -0.05) is 29.8 Å². The van der Waals surface area contributed by atoms with Crippen molar-refractivity contribution in [3.8, 4) is 5.75 Å². The molecule has 0 spiro atoms. The second-order valence-electron chi connectivity index (χ2n) is 7.61. The van der Waals surface area contributed by atoms with Gasteiger partial charge in [-0.2, -0.15) is 0 Å². The Balaban J connectivity index is 1.60. The Kier molecular flexibility index (Phi) is 6.23. The van der Waals surface area contributed by atoms with Crippen LogP contribution in [0.5, 0.6) is 5.75 Å². The molecule has 2 aromatic rings. The number of hydrogen-bond acceptors (Lipinski definition) is 5. The van der Waals surface area contributed by atoms with Crippen molar-refractivity contribution in [1.29, 1.82) is 0 Å². The molecule has 1 fully saturated rings. The maximum atomic E-state index is 13.4. The number of benzene rings is 2. The Hall–Kier alpha value is -2.93. The number of carbonyl (C=O) groups is 2. The van der Waals surface area contributed by atoms with Crippen LogP contribution in [0.25, 0.3) is 0 Å². The molecule has 2 aliphatic heterocycles. The molecule has 0 unspecified atom stereocenters. The molecule has 0 aromatic heterocycles. The molecule has 2 heterocycles. The highest BCUT2D eigenvalue weighted by molar-refractivity contribution is 6.30. The van der Waals surface area contributed by atoms with E-state index in [1.165, 1.54) is 0 Å². The van der Waals surface area contributed by atoms with Gasteiger partial charge < -0.3 is 24.6 Å². The summed E-state index contributed by atoms with van der Waals surface area (Å²) in [5.74, 6) is 0.641. The summed E-state index contributed by atoms with van der Waals surface area (Å²) in [5.41, 5.74) is 2.33. The predicted molar refractivity (Wildman–Crippen MR) is 119 cm³/mol. The molecule has 31 heavy (non-hydrogen) atoms. The standard InChI is InChI=1S/C23H26ClN3O4/c1-3-31-23(29)26-12-10-16(11-13-26)27-21(17-6-4-5-7-18(17)22(27)28)25-19-14-15(24)8-9-20(19)30-2/h4-9,14,16,21,25H,3,10-13H2,1-2H3/t21-/m0/s1. The number of amides is 2. The Morgan fingerprint density at radius 2 is 1.94 bits per heavy atom. The fourth-order valence-corrected chi connectivity index (χ4v) is 4.51. The predicted octanol–water partition coefficient (Wildman–Crippen LogP) is 4.54. The van der Waals surface area contributed by atoms with Crippen molar-refractivity contribution in [1.82, 2.24) is 9.80 Å². The van der Waals surface area contributed by atoms with E-state index in [1.54, 1.807) is 37.1 Å². The molecule has 1 atom stereocenters. The fourth-order valence-electron chi connectivity index (χ4n) is 4.34. The number of ether oxygens (including phenoxy) is 2. The first-order valence-electron chi connectivity index (χ1n) is 10.5. The SMILES string of the molecule is CCOC(=O)N1CCC(N2C(=O)c3ccccc3[C@H]2Nc2cc(Cl)ccc2OC)CC1. The summed E-state index contributed by atoms with van der Waals surface area (Å²) in [7, 11) is 1.60. The van der Waals surface area contributed by atoms with Crippen LogP contribution in [-0.4, -0.2) is 54.6 Å². The monoisotopic (exact) mass is 443 g/mol. The zero-order valence-corrected chi connectivity index (χ0v) is 18.4. The third-order valence-corrected chi connectivity index (χ3v) is 6.07. The molecule has 0 bridgehead atoms. The summed E-state index contributed by atoms with van der Waals surface area (Å²) >= 11 is 6.22. The minimum absolute atomic E-state index is 0.00624. The minimum atomic E-state index is -0.352. The van der Waals surface area contributed by atoms with E-state index >= 15 is 0 Å². The normalized spacial score (nSPS) is 18.7. The van der Waals surface area contributed by atoms with Crippen LogP contribution < -0.4 is 10.1 Å². The number of nitrogens with zero attached hydrogens (tertiary/aromatic N) is 2. The number of halogens is 1. The maximum Gasteiger partial charge on any atom is 0.409 e. The highest BCUT2D eigenvalue weighted by Gasteiger charge is 2.42. The van der Waals surface area contributed by atoms with Gasteiger partial charge in [0.05, 0.1) is 19.4 Å². The maximum absolute atomic E-state index is 13.4. The summed E-state index contributed by atoms with van der Waals surface area (Å²) in [6, 6.07) is 13.0. The third kappa shape index (κ3) is 4.14. The van der Waals surface area contributed by atoms with Gasteiger partial charge in [-0.25, -0.2) is 4.79 Å². The lowest BCUT2D eigenvalue weighted by molar-refractivity contribution is 0.0496. The van der Waals surface area contributed by atoms with E-state index in [1.807, 2.05) is 29.2 Å². The van der Waals surface area contributed by atoms with Crippen molar-refractivity contribution in [3.63, 3.8) is 0 Å². The summed E-state index contributed by atoms with van der Waals surface area (Å²) in [6.07, 6.45) is 0.720. The van der Waals surface area contributed by atoms with Crippen molar-refractivity contribution < 1.29 is 19.1 Å². The van der Waals surface area contributed by atoms with Crippen LogP contribution in [-0.2, 0) is 4.74 Å². The molecule has 2 amide bonds. The molecule has 8 heteroatoms. The summed E-state index contributed by atoms with van der Waals surface area (Å²) in [4.78, 5) is 29.0. The zero-order valence-electron chi connectivity index (χ0n) is 17.6. The quantitative estimate of drug-likeness (QED) is 0.734. The van der Waals surface area contributed by atoms with E-state index in [-0.39, 0.29) is 24.2 Å². The van der Waals surface area contributed by atoms with Gasteiger partial charge in [0.25, 0.3) is 5.91 Å². The van der Waals surface area contributed by atoms with E-state index in [4.69, 9.17) is 21.1 Å². The number of nitrogens with one attached hydrogen (secondary N) is 1. The topological polar surface area (TPSA) is 71.1 Å². The molecule has 164 valence electrons. The smallest absolute Gasteiger partial charge is 0.409 e. The largest absolute Gasteiger partial charge is 0.495 e. The number of fused-ring (bicyclic) bond motifs is 1. The van der Waals surface area contributed by atoms with Crippen LogP contribution in [0.4, 0.5) is 10.5 Å². The van der Waals surface area contributed by atoms with Gasteiger partial charge in [-0.3, -0.25) is 4.79 Å². The van der Waals surface area contributed by atoms with Crippen LogP contribution in [0.15, 0.2) is 42.5 Å². The van der Waals surface area contributed by atoms with E-state index in [2.05, 4.69) is 5.32 Å². The van der Waals surface area contributed by atoms with Crippen LogP contribution in [0.1, 0.15) is 41.9 Å². The first-order chi connectivity index (χ1) is 15.0. The second-order valence-corrected chi connectivity index (χ2v) is 8.04. The number of anilines is 1. The first kappa shape index (κ1) is 21.3. The van der Waals surface area contributed by atoms with E-state index in [0.717, 1.165) is 11.3 Å². The fraction of sp³-hybridized carbons (Fsp3) is 0.391. The van der Waals surface area contributed by atoms with Crippen molar-refractivity contribution in [3.05, 3.63) is 58.6 Å². The molecule has 7 nitrogen and oxygen atoms in total. The molecule has 2 aromatic carbocycles. The number of carbonyl (C=O) groups excluding carboxylic acids is 2. The summed E-state index contributed by atoms with van der Waals surface area (Å²) < 4.78 is 10.6.